The predicted molar refractivity (Wildman–Crippen MR) is 102 cm³/mol. The maximum Gasteiger partial charge on any atom is 0.159 e. The summed E-state index contributed by atoms with van der Waals surface area (Å²) in [6.07, 6.45) is 4.98. The number of rotatable bonds is 4. The lowest BCUT2D eigenvalue weighted by Gasteiger charge is -2.15. The largest absolute Gasteiger partial charge is 0.298 e. The van der Waals surface area contributed by atoms with Crippen molar-refractivity contribution in [3.05, 3.63) is 71.6 Å². The van der Waals surface area contributed by atoms with E-state index in [9.17, 15) is 0 Å². The molecule has 0 amide bonds. The number of aryl methyl sites for hydroxylation is 2. The van der Waals surface area contributed by atoms with E-state index in [2.05, 4.69) is 24.8 Å². The van der Waals surface area contributed by atoms with Crippen LogP contribution in [0.15, 0.2) is 48.8 Å². The van der Waals surface area contributed by atoms with E-state index in [-0.39, 0.29) is 0 Å². The van der Waals surface area contributed by atoms with Gasteiger partial charge in [-0.15, -0.1) is 0 Å². The van der Waals surface area contributed by atoms with Crippen molar-refractivity contribution in [2.45, 2.75) is 32.7 Å². The average molecular weight is 345 g/mol. The van der Waals surface area contributed by atoms with Crippen LogP contribution in [0.5, 0.6) is 0 Å². The Hall–Kier alpha value is -2.66. The second-order valence-corrected chi connectivity index (χ2v) is 7.01. The van der Waals surface area contributed by atoms with E-state index in [0.29, 0.717) is 5.92 Å². The molecule has 3 heterocycles. The summed E-state index contributed by atoms with van der Waals surface area (Å²) < 4.78 is 0. The summed E-state index contributed by atoms with van der Waals surface area (Å²) in [5.74, 6) is 2.18. The molecule has 1 aliphatic rings. The summed E-state index contributed by atoms with van der Waals surface area (Å²) in [7, 11) is 0. The van der Waals surface area contributed by atoms with Crippen LogP contribution in [-0.2, 0) is 6.54 Å². The molecular weight excluding hydrogens is 322 g/mol. The lowest BCUT2D eigenvalue weighted by Crippen LogP contribution is -2.20. The molecule has 1 atom stereocenters. The molecule has 0 saturated carbocycles. The van der Waals surface area contributed by atoms with Gasteiger partial charge in [-0.05, 0) is 32.9 Å². The van der Waals surface area contributed by atoms with Crippen molar-refractivity contribution in [1.82, 2.24) is 24.8 Å². The van der Waals surface area contributed by atoms with Crippen LogP contribution in [0.25, 0.3) is 11.4 Å². The normalized spacial score (nSPS) is 17.5. The van der Waals surface area contributed by atoms with Crippen molar-refractivity contribution in [3.63, 3.8) is 0 Å². The zero-order valence-corrected chi connectivity index (χ0v) is 15.3. The van der Waals surface area contributed by atoms with E-state index in [4.69, 9.17) is 0 Å². The number of nitrogens with zero attached hydrogens (tertiary/aromatic N) is 5. The Balaban J connectivity index is 1.41. The highest BCUT2D eigenvalue weighted by Crippen LogP contribution is 2.26. The summed E-state index contributed by atoms with van der Waals surface area (Å²) in [5, 5.41) is 0. The monoisotopic (exact) mass is 345 g/mol. The first kappa shape index (κ1) is 16.8. The van der Waals surface area contributed by atoms with E-state index in [1.54, 1.807) is 0 Å². The molecule has 4 rings (SSSR count). The fraction of sp³-hybridized carbons (Fsp3) is 0.333. The highest BCUT2D eigenvalue weighted by atomic mass is 15.2. The summed E-state index contributed by atoms with van der Waals surface area (Å²) in [5.41, 5.74) is 4.30. The van der Waals surface area contributed by atoms with Crippen LogP contribution in [0.1, 0.15) is 35.1 Å². The zero-order valence-electron chi connectivity index (χ0n) is 15.3. The summed E-state index contributed by atoms with van der Waals surface area (Å²) >= 11 is 0. The molecule has 0 aliphatic carbocycles. The first-order valence-electron chi connectivity index (χ1n) is 9.08. The van der Waals surface area contributed by atoms with E-state index < -0.39 is 0 Å². The predicted octanol–water partition coefficient (Wildman–Crippen LogP) is 3.54. The molecule has 26 heavy (non-hydrogen) atoms. The smallest absolute Gasteiger partial charge is 0.159 e. The lowest BCUT2D eigenvalue weighted by atomic mass is 10.1. The average Bonchev–Trinajstić information content (AvgIpc) is 3.11. The molecule has 5 nitrogen and oxygen atoms in total. The third-order valence-corrected chi connectivity index (χ3v) is 4.78. The minimum Gasteiger partial charge on any atom is -0.298 e. The van der Waals surface area contributed by atoms with Gasteiger partial charge in [0.2, 0.25) is 0 Å². The van der Waals surface area contributed by atoms with Crippen molar-refractivity contribution in [1.29, 1.82) is 0 Å². The topological polar surface area (TPSA) is 54.8 Å². The van der Waals surface area contributed by atoms with Crippen LogP contribution in [0.4, 0.5) is 0 Å². The van der Waals surface area contributed by atoms with Crippen molar-refractivity contribution < 1.29 is 0 Å². The SMILES string of the molecule is Cc1cc(C)nc(C2CCN(Cc3cnc(-c4ccccc4)nc3)C2)n1. The van der Waals surface area contributed by atoms with Gasteiger partial charge in [-0.25, -0.2) is 19.9 Å². The minimum atomic E-state index is 0.415. The number of benzene rings is 1. The Bertz CT molecular complexity index is 856. The molecule has 0 N–H and O–H groups in total. The maximum atomic E-state index is 4.64. The van der Waals surface area contributed by atoms with Crippen LogP contribution in [-0.4, -0.2) is 37.9 Å². The Morgan fingerprint density at radius 2 is 1.69 bits per heavy atom. The van der Waals surface area contributed by atoms with Gasteiger partial charge in [-0.3, -0.25) is 4.90 Å². The minimum absolute atomic E-state index is 0.415. The van der Waals surface area contributed by atoms with Crippen molar-refractivity contribution in [2.24, 2.45) is 0 Å². The molecule has 1 unspecified atom stereocenters. The number of hydrogen-bond donors (Lipinski definition) is 0. The van der Waals surface area contributed by atoms with E-state index in [1.807, 2.05) is 62.6 Å². The first-order chi connectivity index (χ1) is 12.7. The summed E-state index contributed by atoms with van der Waals surface area (Å²) in [4.78, 5) is 20.8. The van der Waals surface area contributed by atoms with Crippen LogP contribution in [0.3, 0.4) is 0 Å². The Morgan fingerprint density at radius 3 is 2.38 bits per heavy atom. The molecule has 1 fully saturated rings. The van der Waals surface area contributed by atoms with Crippen molar-refractivity contribution >= 4 is 0 Å². The Morgan fingerprint density at radius 1 is 1.00 bits per heavy atom. The van der Waals surface area contributed by atoms with Crippen LogP contribution < -0.4 is 0 Å². The third kappa shape index (κ3) is 3.78. The molecule has 0 radical (unpaired) electrons. The van der Waals surface area contributed by atoms with E-state index >= 15 is 0 Å². The van der Waals surface area contributed by atoms with Gasteiger partial charge in [0, 0.05) is 53.9 Å². The lowest BCUT2D eigenvalue weighted by molar-refractivity contribution is 0.325. The molecule has 1 saturated heterocycles. The first-order valence-corrected chi connectivity index (χ1v) is 9.08. The number of aromatic nitrogens is 4. The highest BCUT2D eigenvalue weighted by Gasteiger charge is 2.26. The molecule has 1 aliphatic heterocycles. The quantitative estimate of drug-likeness (QED) is 0.724. The molecule has 2 aromatic heterocycles. The van der Waals surface area contributed by atoms with Crippen molar-refractivity contribution in [3.8, 4) is 11.4 Å². The van der Waals surface area contributed by atoms with Gasteiger partial charge < -0.3 is 0 Å². The number of hydrogen-bond acceptors (Lipinski definition) is 5. The standard InChI is InChI=1S/C21H23N5/c1-15-10-16(2)25-21(24-15)19-8-9-26(14-19)13-17-11-22-20(23-12-17)18-6-4-3-5-7-18/h3-7,10-12,19H,8-9,13-14H2,1-2H3. The second kappa shape index (κ2) is 7.30. The van der Waals surface area contributed by atoms with E-state index in [1.165, 1.54) is 0 Å². The van der Waals surface area contributed by atoms with Gasteiger partial charge in [-0.2, -0.15) is 0 Å². The van der Waals surface area contributed by atoms with Crippen LogP contribution >= 0.6 is 0 Å². The molecule has 5 heteroatoms. The number of likely N-dealkylation sites (tertiary alicyclic amines) is 1. The van der Waals surface area contributed by atoms with E-state index in [0.717, 1.165) is 60.2 Å². The molecule has 132 valence electrons. The van der Waals surface area contributed by atoms with Gasteiger partial charge in [-0.1, -0.05) is 30.3 Å². The molecule has 1 aromatic carbocycles. The molecular formula is C21H23N5. The van der Waals surface area contributed by atoms with Gasteiger partial charge >= 0.3 is 0 Å². The third-order valence-electron chi connectivity index (χ3n) is 4.78. The van der Waals surface area contributed by atoms with Gasteiger partial charge in [0.05, 0.1) is 0 Å². The van der Waals surface area contributed by atoms with Crippen LogP contribution in [0, 0.1) is 13.8 Å². The summed E-state index contributed by atoms with van der Waals surface area (Å²) in [6, 6.07) is 12.1. The second-order valence-electron chi connectivity index (χ2n) is 7.01. The zero-order chi connectivity index (χ0) is 17.9. The molecule has 0 bridgehead atoms. The fourth-order valence-electron chi connectivity index (χ4n) is 3.55. The Labute approximate surface area is 154 Å². The summed E-state index contributed by atoms with van der Waals surface area (Å²) in [6.45, 7) is 6.99. The Kier molecular flexibility index (Phi) is 4.71. The van der Waals surface area contributed by atoms with Gasteiger partial charge in [0.15, 0.2) is 5.82 Å². The molecule has 0 spiro atoms. The van der Waals surface area contributed by atoms with Crippen LogP contribution in [0.2, 0.25) is 0 Å². The highest BCUT2D eigenvalue weighted by molar-refractivity contribution is 5.53. The van der Waals surface area contributed by atoms with Gasteiger partial charge in [0.25, 0.3) is 0 Å². The van der Waals surface area contributed by atoms with Crippen molar-refractivity contribution in [2.75, 3.05) is 13.1 Å². The molecule has 3 aromatic rings. The maximum absolute atomic E-state index is 4.64. The fourth-order valence-corrected chi connectivity index (χ4v) is 3.55. The van der Waals surface area contributed by atoms with Gasteiger partial charge in [0.1, 0.15) is 5.82 Å².